The minimum Gasteiger partial charge on any atom is -0.451 e. The minimum atomic E-state index is -0.474. The Hall–Kier alpha value is -3.25. The monoisotopic (exact) mass is 409 g/mol. The second kappa shape index (κ2) is 6.97. The lowest BCUT2D eigenvalue weighted by atomic mass is 10.1. The van der Waals surface area contributed by atoms with E-state index in [4.69, 9.17) is 16.0 Å². The predicted molar refractivity (Wildman–Crippen MR) is 114 cm³/mol. The van der Waals surface area contributed by atoms with Crippen molar-refractivity contribution in [3.05, 3.63) is 80.4 Å². The summed E-state index contributed by atoms with van der Waals surface area (Å²) in [7, 11) is 1.77. The topological polar surface area (TPSA) is 69.2 Å². The van der Waals surface area contributed by atoms with Crippen LogP contribution in [0.15, 0.2) is 51.7 Å². The van der Waals surface area contributed by atoms with Gasteiger partial charge in [0.1, 0.15) is 11.3 Å². The van der Waals surface area contributed by atoms with Crippen LogP contribution >= 0.6 is 11.6 Å². The summed E-state index contributed by atoms with van der Waals surface area (Å²) in [5, 5.41) is 4.12. The first-order chi connectivity index (χ1) is 13.8. The third kappa shape index (κ3) is 3.06. The fourth-order valence-electron chi connectivity index (χ4n) is 3.44. The van der Waals surface area contributed by atoms with Gasteiger partial charge in [-0.05, 0) is 50.6 Å². The number of aromatic nitrogens is 2. The Morgan fingerprint density at radius 1 is 1.10 bits per heavy atom. The van der Waals surface area contributed by atoms with Crippen LogP contribution in [0.3, 0.4) is 0 Å². The molecular formula is C22H20ClN3O3. The molecule has 1 N–H and O–H groups in total. The molecule has 0 unspecified atom stereocenters. The van der Waals surface area contributed by atoms with E-state index >= 15 is 0 Å². The van der Waals surface area contributed by atoms with Gasteiger partial charge in [-0.3, -0.25) is 14.3 Å². The van der Waals surface area contributed by atoms with E-state index in [9.17, 15) is 9.59 Å². The molecule has 0 aliphatic carbocycles. The van der Waals surface area contributed by atoms with E-state index in [-0.39, 0.29) is 17.0 Å². The number of anilines is 1. The molecular weight excluding hydrogens is 390 g/mol. The van der Waals surface area contributed by atoms with Crippen molar-refractivity contribution in [3.63, 3.8) is 0 Å². The maximum atomic E-state index is 13.0. The van der Waals surface area contributed by atoms with Gasteiger partial charge in [0.2, 0.25) is 0 Å². The Balaban J connectivity index is 1.76. The lowest BCUT2D eigenvalue weighted by Gasteiger charge is -2.07. The molecule has 0 aliphatic rings. The highest BCUT2D eigenvalue weighted by molar-refractivity contribution is 6.32. The fraction of sp³-hybridized carbons (Fsp3) is 0.182. The molecule has 148 valence electrons. The van der Waals surface area contributed by atoms with Gasteiger partial charge in [-0.1, -0.05) is 29.8 Å². The molecule has 0 radical (unpaired) electrons. The van der Waals surface area contributed by atoms with Crippen molar-refractivity contribution in [2.45, 2.75) is 20.8 Å². The van der Waals surface area contributed by atoms with Crippen LogP contribution in [0.25, 0.3) is 16.7 Å². The number of nitrogens with zero attached hydrogens (tertiary/aromatic N) is 2. The summed E-state index contributed by atoms with van der Waals surface area (Å²) >= 11 is 6.21. The van der Waals surface area contributed by atoms with Gasteiger partial charge in [0, 0.05) is 23.0 Å². The quantitative estimate of drug-likeness (QED) is 0.530. The highest BCUT2D eigenvalue weighted by Crippen LogP contribution is 2.30. The van der Waals surface area contributed by atoms with Gasteiger partial charge in [0.05, 0.1) is 11.4 Å². The van der Waals surface area contributed by atoms with E-state index in [2.05, 4.69) is 5.32 Å². The number of fused-ring (bicyclic) bond motifs is 1. The number of amides is 1. The van der Waals surface area contributed by atoms with E-state index in [1.165, 1.54) is 4.68 Å². The molecule has 2 aromatic carbocycles. The minimum absolute atomic E-state index is 0.163. The summed E-state index contributed by atoms with van der Waals surface area (Å²) in [6, 6.07) is 12.9. The Morgan fingerprint density at radius 2 is 1.79 bits per heavy atom. The number of rotatable bonds is 3. The van der Waals surface area contributed by atoms with Gasteiger partial charge in [0.25, 0.3) is 11.5 Å². The molecule has 2 aromatic heterocycles. The molecule has 2 heterocycles. The van der Waals surface area contributed by atoms with Crippen molar-refractivity contribution in [1.29, 1.82) is 0 Å². The fourth-order valence-corrected chi connectivity index (χ4v) is 3.60. The molecule has 4 rings (SSSR count). The number of nitrogens with one attached hydrogen (secondary N) is 1. The van der Waals surface area contributed by atoms with Gasteiger partial charge in [-0.25, -0.2) is 4.68 Å². The van der Waals surface area contributed by atoms with Crippen LogP contribution in [0.1, 0.15) is 27.4 Å². The zero-order chi connectivity index (χ0) is 20.9. The third-order valence-electron chi connectivity index (χ3n) is 5.22. The maximum absolute atomic E-state index is 13.0. The van der Waals surface area contributed by atoms with Crippen molar-refractivity contribution in [1.82, 2.24) is 9.36 Å². The predicted octanol–water partition coefficient (Wildman–Crippen LogP) is 4.75. The summed E-state index contributed by atoms with van der Waals surface area (Å²) in [6.45, 7) is 5.45. The summed E-state index contributed by atoms with van der Waals surface area (Å²) in [5.74, 6) is -0.311. The Morgan fingerprint density at radius 3 is 2.48 bits per heavy atom. The van der Waals surface area contributed by atoms with Crippen LogP contribution in [0.2, 0.25) is 5.02 Å². The van der Waals surface area contributed by atoms with E-state index < -0.39 is 5.91 Å². The van der Waals surface area contributed by atoms with Crippen LogP contribution in [0.4, 0.5) is 5.69 Å². The van der Waals surface area contributed by atoms with E-state index in [1.807, 2.05) is 37.3 Å². The van der Waals surface area contributed by atoms with Crippen molar-refractivity contribution in [2.24, 2.45) is 7.05 Å². The molecule has 0 atom stereocenters. The number of furan rings is 1. The number of hydrogen-bond acceptors (Lipinski definition) is 3. The maximum Gasteiger partial charge on any atom is 0.295 e. The number of carbonyl (C=O) groups excluding carboxylic acids is 1. The highest BCUT2D eigenvalue weighted by Gasteiger charge is 2.23. The van der Waals surface area contributed by atoms with Gasteiger partial charge in [-0.2, -0.15) is 0 Å². The summed E-state index contributed by atoms with van der Waals surface area (Å²) in [5.41, 5.74) is 3.39. The van der Waals surface area contributed by atoms with Crippen molar-refractivity contribution in [2.75, 3.05) is 5.32 Å². The number of carbonyl (C=O) groups is 1. The number of benzene rings is 2. The van der Waals surface area contributed by atoms with E-state index in [1.54, 1.807) is 37.7 Å². The second-order valence-electron chi connectivity index (χ2n) is 7.04. The summed E-state index contributed by atoms with van der Waals surface area (Å²) in [4.78, 5) is 25.9. The van der Waals surface area contributed by atoms with Gasteiger partial charge >= 0.3 is 0 Å². The number of hydrogen-bond donors (Lipinski definition) is 1. The van der Waals surface area contributed by atoms with E-state index in [0.717, 1.165) is 10.9 Å². The number of aryl methyl sites for hydroxylation is 2. The first kappa shape index (κ1) is 19.1. The van der Waals surface area contributed by atoms with Crippen molar-refractivity contribution < 1.29 is 9.21 Å². The molecule has 4 aromatic rings. The lowest BCUT2D eigenvalue weighted by Crippen LogP contribution is -2.23. The molecule has 0 bridgehead atoms. The number of halogens is 1. The largest absolute Gasteiger partial charge is 0.451 e. The average molecular weight is 410 g/mol. The van der Waals surface area contributed by atoms with Crippen LogP contribution in [0, 0.1) is 20.8 Å². The van der Waals surface area contributed by atoms with Crippen LogP contribution in [-0.4, -0.2) is 15.3 Å². The molecule has 7 heteroatoms. The molecule has 0 saturated heterocycles. The van der Waals surface area contributed by atoms with Gasteiger partial charge in [0.15, 0.2) is 5.76 Å². The Bertz CT molecular complexity index is 1310. The van der Waals surface area contributed by atoms with Gasteiger partial charge in [-0.15, -0.1) is 0 Å². The first-order valence-electron chi connectivity index (χ1n) is 9.14. The zero-order valence-electron chi connectivity index (χ0n) is 16.5. The average Bonchev–Trinajstić information content (AvgIpc) is 3.12. The first-order valence-corrected chi connectivity index (χ1v) is 9.52. The van der Waals surface area contributed by atoms with Gasteiger partial charge < -0.3 is 9.73 Å². The molecule has 0 saturated carbocycles. The number of para-hydroxylation sites is 1. The molecule has 6 nitrogen and oxygen atoms in total. The SMILES string of the molecule is Cc1cc2oc(C(=O)Nc3c(C)n(C)n(-c4ccccc4)c3=O)c(C)c2cc1Cl. The standard InChI is InChI=1S/C22H20ClN3O3/c1-12-10-18-16(11-17(12)23)13(2)20(29-18)21(27)24-19-14(3)25(4)26(22(19)28)15-8-6-5-7-9-15/h5-11H,1-4H3,(H,24,27). The smallest absolute Gasteiger partial charge is 0.295 e. The van der Waals surface area contributed by atoms with Crippen LogP contribution in [-0.2, 0) is 7.05 Å². The van der Waals surface area contributed by atoms with Crippen molar-refractivity contribution in [3.8, 4) is 5.69 Å². The Labute approximate surface area is 172 Å². The zero-order valence-corrected chi connectivity index (χ0v) is 17.3. The van der Waals surface area contributed by atoms with Crippen LogP contribution < -0.4 is 10.9 Å². The van der Waals surface area contributed by atoms with E-state index in [0.29, 0.717) is 27.6 Å². The summed E-state index contributed by atoms with van der Waals surface area (Å²) < 4.78 is 9.01. The molecule has 0 spiro atoms. The van der Waals surface area contributed by atoms with Crippen LogP contribution in [0.5, 0.6) is 0 Å². The summed E-state index contributed by atoms with van der Waals surface area (Å²) in [6.07, 6.45) is 0. The lowest BCUT2D eigenvalue weighted by molar-refractivity contribution is 0.0997. The molecule has 0 aliphatic heterocycles. The molecule has 0 fully saturated rings. The highest BCUT2D eigenvalue weighted by atomic mass is 35.5. The molecule has 1 amide bonds. The Kier molecular flexibility index (Phi) is 4.59. The third-order valence-corrected chi connectivity index (χ3v) is 5.62. The molecule has 29 heavy (non-hydrogen) atoms. The van der Waals surface area contributed by atoms with Crippen molar-refractivity contribution >= 4 is 34.2 Å². The normalized spacial score (nSPS) is 11.2. The second-order valence-corrected chi connectivity index (χ2v) is 7.45.